The van der Waals surface area contributed by atoms with E-state index in [1.165, 1.54) is 5.56 Å². The van der Waals surface area contributed by atoms with Crippen molar-refractivity contribution >= 4 is 15.9 Å². The Balaban J connectivity index is 1.83. The second-order valence-electron chi connectivity index (χ2n) is 5.02. The van der Waals surface area contributed by atoms with E-state index in [0.29, 0.717) is 11.8 Å². The Morgan fingerprint density at radius 1 is 1.20 bits per heavy atom. The molecule has 0 aliphatic carbocycles. The van der Waals surface area contributed by atoms with Crippen molar-refractivity contribution in [2.24, 2.45) is 5.92 Å². The van der Waals surface area contributed by atoms with Gasteiger partial charge in [0, 0.05) is 29.2 Å². The number of hydrogen-bond donors (Lipinski definition) is 1. The smallest absolute Gasteiger partial charge is 0.213 e. The van der Waals surface area contributed by atoms with Crippen LogP contribution < -0.4 is 10.1 Å². The zero-order chi connectivity index (χ0) is 13.8. The van der Waals surface area contributed by atoms with E-state index >= 15 is 0 Å². The highest BCUT2D eigenvalue weighted by Gasteiger charge is 2.28. The highest BCUT2D eigenvalue weighted by atomic mass is 79.9. The average molecular weight is 333 g/mol. The van der Waals surface area contributed by atoms with Crippen LogP contribution in [0.25, 0.3) is 0 Å². The molecule has 0 amide bonds. The van der Waals surface area contributed by atoms with Gasteiger partial charge in [0.25, 0.3) is 0 Å². The molecule has 20 heavy (non-hydrogen) atoms. The molecule has 0 bridgehead atoms. The number of aromatic nitrogens is 1. The first kappa shape index (κ1) is 13.6. The second-order valence-corrected chi connectivity index (χ2v) is 5.93. The zero-order valence-electron chi connectivity index (χ0n) is 11.1. The van der Waals surface area contributed by atoms with Crippen LogP contribution in [0, 0.1) is 5.92 Å². The fraction of sp³-hybridized carbons (Fsp3) is 0.312. The molecule has 2 unspecified atom stereocenters. The standard InChI is InChI=1S/C16H17BrN2O/c17-14-6-7-15(19-11-14)20-16(13-8-9-18-10-13)12-4-2-1-3-5-12/h1-7,11,13,16,18H,8-10H2. The van der Waals surface area contributed by atoms with Crippen LogP contribution in [0.15, 0.2) is 53.1 Å². The highest BCUT2D eigenvalue weighted by molar-refractivity contribution is 9.10. The van der Waals surface area contributed by atoms with Gasteiger partial charge >= 0.3 is 0 Å². The molecule has 1 aromatic heterocycles. The molecule has 4 heteroatoms. The molecule has 1 saturated heterocycles. The molecule has 2 heterocycles. The van der Waals surface area contributed by atoms with Gasteiger partial charge in [0.2, 0.25) is 5.88 Å². The van der Waals surface area contributed by atoms with Gasteiger partial charge in [-0.05, 0) is 40.5 Å². The van der Waals surface area contributed by atoms with Crippen LogP contribution in [0.2, 0.25) is 0 Å². The van der Waals surface area contributed by atoms with Crippen LogP contribution in [0.4, 0.5) is 0 Å². The van der Waals surface area contributed by atoms with E-state index in [2.05, 4.69) is 50.5 Å². The molecule has 0 spiro atoms. The Hall–Kier alpha value is -1.39. The molecular formula is C16H17BrN2O. The van der Waals surface area contributed by atoms with Crippen LogP contribution in [0.3, 0.4) is 0 Å². The molecule has 1 aromatic carbocycles. The van der Waals surface area contributed by atoms with Gasteiger partial charge in [0.15, 0.2) is 0 Å². The molecule has 3 nitrogen and oxygen atoms in total. The molecule has 0 radical (unpaired) electrons. The Morgan fingerprint density at radius 3 is 2.70 bits per heavy atom. The second kappa shape index (κ2) is 6.37. The van der Waals surface area contributed by atoms with Crippen molar-refractivity contribution in [3.05, 3.63) is 58.7 Å². The number of rotatable bonds is 4. The van der Waals surface area contributed by atoms with Crippen molar-refractivity contribution < 1.29 is 4.74 Å². The third kappa shape index (κ3) is 3.19. The Kier molecular flexibility index (Phi) is 4.33. The topological polar surface area (TPSA) is 34.1 Å². The first-order valence-electron chi connectivity index (χ1n) is 6.87. The molecule has 3 rings (SSSR count). The zero-order valence-corrected chi connectivity index (χ0v) is 12.7. The van der Waals surface area contributed by atoms with Crippen LogP contribution in [0.5, 0.6) is 5.88 Å². The van der Waals surface area contributed by atoms with E-state index in [1.807, 2.05) is 18.2 Å². The summed E-state index contributed by atoms with van der Waals surface area (Å²) in [6.45, 7) is 2.06. The molecule has 1 aliphatic rings. The Morgan fingerprint density at radius 2 is 2.05 bits per heavy atom. The van der Waals surface area contributed by atoms with Crippen molar-refractivity contribution in [1.29, 1.82) is 0 Å². The maximum atomic E-state index is 6.17. The summed E-state index contributed by atoms with van der Waals surface area (Å²) in [5.74, 6) is 1.16. The summed E-state index contributed by atoms with van der Waals surface area (Å²) < 4.78 is 7.13. The van der Waals surface area contributed by atoms with E-state index in [9.17, 15) is 0 Å². The first-order valence-corrected chi connectivity index (χ1v) is 7.66. The fourth-order valence-corrected chi connectivity index (χ4v) is 2.81. The SMILES string of the molecule is Brc1ccc(OC(c2ccccc2)C2CCNC2)nc1. The Labute approximate surface area is 127 Å². The minimum atomic E-state index is 0.0554. The van der Waals surface area contributed by atoms with Crippen molar-refractivity contribution in [2.75, 3.05) is 13.1 Å². The number of nitrogens with one attached hydrogen (secondary N) is 1. The quantitative estimate of drug-likeness (QED) is 0.929. The van der Waals surface area contributed by atoms with Gasteiger partial charge in [-0.25, -0.2) is 4.98 Å². The summed E-state index contributed by atoms with van der Waals surface area (Å²) in [5.41, 5.74) is 1.21. The maximum Gasteiger partial charge on any atom is 0.213 e. The minimum Gasteiger partial charge on any atom is -0.469 e. The van der Waals surface area contributed by atoms with Crippen LogP contribution in [-0.2, 0) is 0 Å². The molecule has 0 saturated carbocycles. The number of ether oxygens (including phenoxy) is 1. The maximum absolute atomic E-state index is 6.17. The Bertz CT molecular complexity index is 538. The van der Waals surface area contributed by atoms with Gasteiger partial charge < -0.3 is 10.1 Å². The van der Waals surface area contributed by atoms with Crippen molar-refractivity contribution in [3.63, 3.8) is 0 Å². The average Bonchev–Trinajstić information content (AvgIpc) is 3.01. The number of nitrogens with zero attached hydrogens (tertiary/aromatic N) is 1. The highest BCUT2D eigenvalue weighted by Crippen LogP contribution is 2.31. The lowest BCUT2D eigenvalue weighted by Gasteiger charge is -2.24. The molecule has 1 aliphatic heterocycles. The number of pyridine rings is 1. The molecule has 1 N–H and O–H groups in total. The van der Waals surface area contributed by atoms with Gasteiger partial charge in [-0.3, -0.25) is 0 Å². The fourth-order valence-electron chi connectivity index (χ4n) is 2.58. The number of benzene rings is 1. The molecular weight excluding hydrogens is 316 g/mol. The lowest BCUT2D eigenvalue weighted by Crippen LogP contribution is -2.21. The predicted octanol–water partition coefficient (Wildman–Crippen LogP) is 3.57. The summed E-state index contributed by atoms with van der Waals surface area (Å²) in [4.78, 5) is 4.33. The van der Waals surface area contributed by atoms with Crippen LogP contribution >= 0.6 is 15.9 Å². The van der Waals surface area contributed by atoms with Gasteiger partial charge in [0.1, 0.15) is 6.10 Å². The van der Waals surface area contributed by atoms with Crippen molar-refractivity contribution in [3.8, 4) is 5.88 Å². The summed E-state index contributed by atoms with van der Waals surface area (Å²) in [6.07, 6.45) is 2.96. The van der Waals surface area contributed by atoms with E-state index in [1.54, 1.807) is 6.20 Å². The van der Waals surface area contributed by atoms with Crippen LogP contribution in [0.1, 0.15) is 18.1 Å². The predicted molar refractivity (Wildman–Crippen MR) is 82.7 cm³/mol. The van der Waals surface area contributed by atoms with Crippen molar-refractivity contribution in [1.82, 2.24) is 10.3 Å². The largest absolute Gasteiger partial charge is 0.469 e. The van der Waals surface area contributed by atoms with E-state index in [-0.39, 0.29) is 6.10 Å². The lowest BCUT2D eigenvalue weighted by molar-refractivity contribution is 0.138. The lowest BCUT2D eigenvalue weighted by atomic mass is 9.95. The van der Waals surface area contributed by atoms with E-state index < -0.39 is 0 Å². The summed E-state index contributed by atoms with van der Waals surface area (Å²) in [7, 11) is 0. The van der Waals surface area contributed by atoms with Gasteiger partial charge in [-0.2, -0.15) is 0 Å². The van der Waals surface area contributed by atoms with Crippen molar-refractivity contribution in [2.45, 2.75) is 12.5 Å². The summed E-state index contributed by atoms with van der Waals surface area (Å²) in [6, 6.07) is 14.3. The molecule has 2 aromatic rings. The summed E-state index contributed by atoms with van der Waals surface area (Å²) >= 11 is 3.39. The van der Waals surface area contributed by atoms with Gasteiger partial charge in [-0.15, -0.1) is 0 Å². The third-order valence-electron chi connectivity index (χ3n) is 3.60. The van der Waals surface area contributed by atoms with Gasteiger partial charge in [-0.1, -0.05) is 30.3 Å². The molecule has 104 valence electrons. The van der Waals surface area contributed by atoms with E-state index in [4.69, 9.17) is 4.74 Å². The monoisotopic (exact) mass is 332 g/mol. The summed E-state index contributed by atoms with van der Waals surface area (Å²) in [5, 5.41) is 3.41. The van der Waals surface area contributed by atoms with Crippen LogP contribution in [-0.4, -0.2) is 18.1 Å². The number of hydrogen-bond acceptors (Lipinski definition) is 3. The normalized spacial score (nSPS) is 19.8. The molecule has 1 fully saturated rings. The van der Waals surface area contributed by atoms with E-state index in [0.717, 1.165) is 24.0 Å². The number of halogens is 1. The minimum absolute atomic E-state index is 0.0554. The van der Waals surface area contributed by atoms with Gasteiger partial charge in [0.05, 0.1) is 0 Å². The third-order valence-corrected chi connectivity index (χ3v) is 4.07. The first-order chi connectivity index (χ1) is 9.83. The molecule has 2 atom stereocenters.